The maximum absolute atomic E-state index is 9.27. The smallest absolute Gasteiger partial charge is 0.229 e. The molecule has 3 heterocycles. The Kier molecular flexibility index (Phi) is 5.35. The maximum atomic E-state index is 9.27. The molecule has 0 fully saturated rings. The third-order valence-corrected chi connectivity index (χ3v) is 4.05. The molecule has 0 amide bonds. The molecule has 4 aromatic rings. The minimum absolute atomic E-state index is 0.0240. The molecule has 0 saturated carbocycles. The van der Waals surface area contributed by atoms with Crippen molar-refractivity contribution < 1.29 is 5.11 Å². The van der Waals surface area contributed by atoms with Gasteiger partial charge in [-0.2, -0.15) is 4.98 Å². The lowest BCUT2D eigenvalue weighted by Gasteiger charge is -2.09. The molecule has 1 aromatic carbocycles. The van der Waals surface area contributed by atoms with Crippen molar-refractivity contribution >= 4 is 23.3 Å². The van der Waals surface area contributed by atoms with Crippen LogP contribution in [0.1, 0.15) is 11.3 Å². The van der Waals surface area contributed by atoms with Gasteiger partial charge in [0.15, 0.2) is 5.82 Å². The van der Waals surface area contributed by atoms with Crippen molar-refractivity contribution in [2.24, 2.45) is 0 Å². The van der Waals surface area contributed by atoms with Crippen molar-refractivity contribution in [3.8, 4) is 11.5 Å². The second-order valence-corrected chi connectivity index (χ2v) is 6.30. The Bertz CT molecular complexity index is 1130. The first-order chi connectivity index (χ1) is 14.2. The summed E-state index contributed by atoms with van der Waals surface area (Å²) in [4.78, 5) is 22.0. The highest BCUT2D eigenvalue weighted by Gasteiger charge is 2.06. The molecule has 0 aliphatic carbocycles. The number of aliphatic hydroxyl groups is 1. The molecule has 4 rings (SSSR count). The average Bonchev–Trinajstić information content (AvgIpc) is 2.74. The minimum atomic E-state index is -0.0240. The molecule has 0 bridgehead atoms. The first-order valence-corrected chi connectivity index (χ1v) is 9.03. The lowest BCUT2D eigenvalue weighted by molar-refractivity contribution is 0.282. The van der Waals surface area contributed by atoms with Gasteiger partial charge in [-0.25, -0.2) is 19.9 Å². The van der Waals surface area contributed by atoms with Crippen LogP contribution in [0.4, 0.5) is 23.3 Å². The maximum Gasteiger partial charge on any atom is 0.229 e. The van der Waals surface area contributed by atoms with Gasteiger partial charge in [-0.3, -0.25) is 0 Å². The zero-order valence-electron chi connectivity index (χ0n) is 15.7. The van der Waals surface area contributed by atoms with Crippen LogP contribution >= 0.6 is 0 Å². The molecule has 29 heavy (non-hydrogen) atoms. The van der Waals surface area contributed by atoms with Gasteiger partial charge in [-0.15, -0.1) is 0 Å². The standard InChI is InChI=1S/C21H19N7O/c1-14-4-2-7-17(24-14)20-22-10-8-18(27-20)26-19-9-11-23-21(28-19)25-16-6-3-5-15(12-16)13-29/h2-12,29H,13H2,1H3,(H2,22,23,25,26,27,28). The fourth-order valence-electron chi connectivity index (χ4n) is 2.72. The van der Waals surface area contributed by atoms with E-state index in [9.17, 15) is 5.11 Å². The predicted octanol–water partition coefficient (Wildman–Crippen LogP) is 3.62. The zero-order valence-corrected chi connectivity index (χ0v) is 15.7. The summed E-state index contributed by atoms with van der Waals surface area (Å²) in [7, 11) is 0. The first kappa shape index (κ1) is 18.5. The molecule has 0 atom stereocenters. The number of rotatable bonds is 6. The van der Waals surface area contributed by atoms with Crippen LogP contribution in [0.15, 0.2) is 67.0 Å². The zero-order chi connectivity index (χ0) is 20.1. The Morgan fingerprint density at radius 3 is 2.45 bits per heavy atom. The van der Waals surface area contributed by atoms with Crippen LogP contribution in [-0.4, -0.2) is 30.0 Å². The van der Waals surface area contributed by atoms with Crippen molar-refractivity contribution in [1.29, 1.82) is 0 Å². The Morgan fingerprint density at radius 2 is 1.62 bits per heavy atom. The van der Waals surface area contributed by atoms with Crippen LogP contribution in [0.3, 0.4) is 0 Å². The molecule has 144 valence electrons. The minimum Gasteiger partial charge on any atom is -0.392 e. The van der Waals surface area contributed by atoms with Crippen LogP contribution < -0.4 is 10.6 Å². The molecule has 3 N–H and O–H groups in total. The van der Waals surface area contributed by atoms with Crippen molar-refractivity contribution in [2.75, 3.05) is 10.6 Å². The van der Waals surface area contributed by atoms with E-state index < -0.39 is 0 Å². The van der Waals surface area contributed by atoms with E-state index in [-0.39, 0.29) is 6.61 Å². The molecule has 0 aliphatic rings. The lowest BCUT2D eigenvalue weighted by atomic mass is 10.2. The third-order valence-electron chi connectivity index (χ3n) is 4.05. The number of nitrogens with zero attached hydrogens (tertiary/aromatic N) is 5. The number of aliphatic hydroxyl groups excluding tert-OH is 1. The van der Waals surface area contributed by atoms with Crippen LogP contribution in [0.2, 0.25) is 0 Å². The number of nitrogens with one attached hydrogen (secondary N) is 2. The number of anilines is 4. The van der Waals surface area contributed by atoms with Crippen LogP contribution in [0.5, 0.6) is 0 Å². The van der Waals surface area contributed by atoms with Crippen LogP contribution in [-0.2, 0) is 6.61 Å². The van der Waals surface area contributed by atoms with Gasteiger partial charge in [0.2, 0.25) is 5.95 Å². The molecule has 0 saturated heterocycles. The summed E-state index contributed by atoms with van der Waals surface area (Å²) in [5, 5.41) is 15.6. The fourth-order valence-corrected chi connectivity index (χ4v) is 2.72. The number of benzene rings is 1. The molecule has 0 aliphatic heterocycles. The van der Waals surface area contributed by atoms with Gasteiger partial charge < -0.3 is 15.7 Å². The quantitative estimate of drug-likeness (QED) is 0.462. The second-order valence-electron chi connectivity index (χ2n) is 6.30. The van der Waals surface area contributed by atoms with Gasteiger partial charge in [-0.05, 0) is 48.9 Å². The number of aromatic nitrogens is 5. The summed E-state index contributed by atoms with van der Waals surface area (Å²) in [6, 6.07) is 16.7. The Labute approximate surface area is 167 Å². The van der Waals surface area contributed by atoms with E-state index >= 15 is 0 Å². The third kappa shape index (κ3) is 4.69. The Morgan fingerprint density at radius 1 is 0.828 bits per heavy atom. The largest absolute Gasteiger partial charge is 0.392 e. The monoisotopic (exact) mass is 385 g/mol. The number of hydrogen-bond donors (Lipinski definition) is 3. The number of pyridine rings is 1. The van der Waals surface area contributed by atoms with Gasteiger partial charge in [-0.1, -0.05) is 18.2 Å². The lowest BCUT2D eigenvalue weighted by Crippen LogP contribution is -2.02. The predicted molar refractivity (Wildman–Crippen MR) is 111 cm³/mol. The van der Waals surface area contributed by atoms with Gasteiger partial charge in [0.05, 0.1) is 6.61 Å². The normalized spacial score (nSPS) is 10.6. The van der Waals surface area contributed by atoms with Crippen LogP contribution in [0, 0.1) is 6.92 Å². The summed E-state index contributed by atoms with van der Waals surface area (Å²) in [6.07, 6.45) is 3.33. The Hall–Kier alpha value is -3.91. The summed E-state index contributed by atoms with van der Waals surface area (Å²) in [5.41, 5.74) is 3.22. The van der Waals surface area contributed by atoms with E-state index in [1.807, 2.05) is 49.4 Å². The van der Waals surface area contributed by atoms with Gasteiger partial charge >= 0.3 is 0 Å². The van der Waals surface area contributed by atoms with Gasteiger partial charge in [0.1, 0.15) is 17.3 Å². The van der Waals surface area contributed by atoms with Crippen molar-refractivity contribution in [2.45, 2.75) is 13.5 Å². The van der Waals surface area contributed by atoms with Gasteiger partial charge in [0, 0.05) is 23.8 Å². The van der Waals surface area contributed by atoms with E-state index in [1.165, 1.54) is 0 Å². The number of aryl methyl sites for hydroxylation is 1. The molecular weight excluding hydrogens is 366 g/mol. The van der Waals surface area contributed by atoms with Crippen molar-refractivity contribution in [1.82, 2.24) is 24.9 Å². The average molecular weight is 385 g/mol. The molecule has 8 heteroatoms. The number of hydrogen-bond acceptors (Lipinski definition) is 8. The molecule has 8 nitrogen and oxygen atoms in total. The molecule has 3 aromatic heterocycles. The van der Waals surface area contributed by atoms with Crippen LogP contribution in [0.25, 0.3) is 11.5 Å². The highest BCUT2D eigenvalue weighted by molar-refractivity contribution is 5.59. The van der Waals surface area contributed by atoms with E-state index in [0.29, 0.717) is 29.1 Å². The summed E-state index contributed by atoms with van der Waals surface area (Å²) >= 11 is 0. The highest BCUT2D eigenvalue weighted by atomic mass is 16.3. The van der Waals surface area contributed by atoms with Gasteiger partial charge in [0.25, 0.3) is 0 Å². The second kappa shape index (κ2) is 8.41. The van der Waals surface area contributed by atoms with E-state index in [0.717, 1.165) is 16.9 Å². The van der Waals surface area contributed by atoms with Crippen molar-refractivity contribution in [3.05, 3.63) is 78.2 Å². The molecular formula is C21H19N7O. The Balaban J connectivity index is 1.53. The molecule has 0 radical (unpaired) electrons. The first-order valence-electron chi connectivity index (χ1n) is 9.03. The topological polar surface area (TPSA) is 109 Å². The molecule has 0 spiro atoms. The molecule has 0 unspecified atom stereocenters. The summed E-state index contributed by atoms with van der Waals surface area (Å²) in [6.45, 7) is 1.90. The fraction of sp³-hybridized carbons (Fsp3) is 0.0952. The SMILES string of the molecule is Cc1cccc(-c2nccc(Nc3ccnc(Nc4cccc(CO)c4)n3)n2)n1. The summed E-state index contributed by atoms with van der Waals surface area (Å²) in [5.74, 6) is 2.15. The van der Waals surface area contributed by atoms with Crippen molar-refractivity contribution in [3.63, 3.8) is 0 Å². The van der Waals surface area contributed by atoms with E-state index in [4.69, 9.17) is 0 Å². The van der Waals surface area contributed by atoms with E-state index in [1.54, 1.807) is 24.5 Å². The highest BCUT2D eigenvalue weighted by Crippen LogP contribution is 2.19. The van der Waals surface area contributed by atoms with E-state index in [2.05, 4.69) is 35.6 Å². The summed E-state index contributed by atoms with van der Waals surface area (Å²) < 4.78 is 0.